The Morgan fingerprint density at radius 1 is 0.943 bits per heavy atom. The molecule has 9 rings (SSSR count). The van der Waals surface area contributed by atoms with Crippen LogP contribution in [0.5, 0.6) is 5.75 Å². The summed E-state index contributed by atoms with van der Waals surface area (Å²) in [5.41, 5.74) is 1.00. The van der Waals surface area contributed by atoms with Gasteiger partial charge in [-0.1, -0.05) is 53.6 Å². The molecular formula is C42H39ClN4O5S. The van der Waals surface area contributed by atoms with Gasteiger partial charge in [-0.15, -0.1) is 11.3 Å². The molecule has 3 aromatic carbocycles. The Morgan fingerprint density at radius 2 is 1.70 bits per heavy atom. The third kappa shape index (κ3) is 4.57. The van der Waals surface area contributed by atoms with Crippen LogP contribution in [0.2, 0.25) is 5.02 Å². The Morgan fingerprint density at radius 3 is 2.45 bits per heavy atom. The lowest BCUT2D eigenvalue weighted by molar-refractivity contribution is -0.145. The fourth-order valence-corrected chi connectivity index (χ4v) is 11.3. The number of rotatable bonds is 3. The minimum atomic E-state index is -1.32. The smallest absolute Gasteiger partial charge is 0.242 e. The first-order valence-electron chi connectivity index (χ1n) is 18.0. The van der Waals surface area contributed by atoms with E-state index in [2.05, 4.69) is 0 Å². The summed E-state index contributed by atoms with van der Waals surface area (Å²) in [5, 5.41) is 19.9. The van der Waals surface area contributed by atoms with E-state index in [1.807, 2.05) is 89.2 Å². The summed E-state index contributed by atoms with van der Waals surface area (Å²) >= 11 is 7.90. The van der Waals surface area contributed by atoms with E-state index in [1.165, 1.54) is 9.80 Å². The van der Waals surface area contributed by atoms with Crippen molar-refractivity contribution in [1.82, 2.24) is 14.7 Å². The van der Waals surface area contributed by atoms with Crippen LogP contribution in [0.15, 0.2) is 72.3 Å². The van der Waals surface area contributed by atoms with Crippen molar-refractivity contribution in [2.24, 2.45) is 36.1 Å². The normalized spacial score (nSPS) is 27.2. The second-order valence-electron chi connectivity index (χ2n) is 16.3. The highest BCUT2D eigenvalue weighted by molar-refractivity contribution is 7.22. The summed E-state index contributed by atoms with van der Waals surface area (Å²) in [6.45, 7) is 9.43. The molecule has 1 saturated carbocycles. The van der Waals surface area contributed by atoms with Gasteiger partial charge in [-0.2, -0.15) is 5.10 Å². The first-order valence-corrected chi connectivity index (χ1v) is 19.2. The number of likely N-dealkylation sites (tertiary alicyclic amines) is 1. The molecule has 53 heavy (non-hydrogen) atoms. The number of anilines is 1. The zero-order valence-electron chi connectivity index (χ0n) is 30.3. The van der Waals surface area contributed by atoms with E-state index in [1.54, 1.807) is 35.2 Å². The van der Waals surface area contributed by atoms with Crippen molar-refractivity contribution in [2.75, 3.05) is 4.90 Å². The molecule has 11 heteroatoms. The van der Waals surface area contributed by atoms with Crippen LogP contribution in [0.25, 0.3) is 31.4 Å². The second kappa shape index (κ2) is 11.4. The lowest BCUT2D eigenvalue weighted by atomic mass is 9.51. The van der Waals surface area contributed by atoms with Crippen LogP contribution in [-0.2, 0) is 26.2 Å². The molecule has 4 amide bonds. The number of hydrogen-bond donors (Lipinski definition) is 1. The van der Waals surface area contributed by atoms with E-state index < -0.39 is 40.5 Å². The van der Waals surface area contributed by atoms with E-state index >= 15 is 4.79 Å². The number of hydrogen-bond acceptors (Lipinski definition) is 7. The van der Waals surface area contributed by atoms with Crippen LogP contribution in [0, 0.1) is 36.0 Å². The molecule has 4 aliphatic rings. The Balaban J connectivity index is 1.21. The number of phenols is 1. The standard InChI is InChI=1S/C42H39ClN4O5S/c1-20-26-17-22(43)12-16-31(26)53-36(20)29-19-32(45(6)44-29)46-38(50)28-18-27-24(13-14-25-33(27)39(51)47(37(25)49)41(2,3)4)35(42(28,5)40(46)52)34-23-10-8-7-9-21(23)11-15-30(34)48/h7-13,15-17,19,25,27-28,33,35,48H,14,18H2,1-6H3/t25-,27+,28-,33-,35+,42+/m0/s1. The number of carbonyl (C=O) groups is 4. The summed E-state index contributed by atoms with van der Waals surface area (Å²) in [4.78, 5) is 62.0. The number of fused-ring (bicyclic) bond motifs is 6. The van der Waals surface area contributed by atoms with Crippen LogP contribution in [-0.4, -0.2) is 49.0 Å². The molecule has 9 nitrogen and oxygen atoms in total. The number of aromatic nitrogens is 2. The van der Waals surface area contributed by atoms with Crippen molar-refractivity contribution in [3.05, 3.63) is 88.5 Å². The quantitative estimate of drug-likeness (QED) is 0.147. The van der Waals surface area contributed by atoms with Crippen LogP contribution >= 0.6 is 22.9 Å². The van der Waals surface area contributed by atoms with Gasteiger partial charge in [0.25, 0.3) is 0 Å². The van der Waals surface area contributed by atoms with Gasteiger partial charge in [0.2, 0.25) is 23.6 Å². The molecule has 6 atom stereocenters. The second-order valence-corrected chi connectivity index (χ2v) is 17.8. The first kappa shape index (κ1) is 34.0. The number of benzene rings is 3. The molecule has 4 heterocycles. The number of allylic oxidation sites excluding steroid dienone is 2. The first-order chi connectivity index (χ1) is 25.1. The molecule has 2 aliphatic heterocycles. The minimum Gasteiger partial charge on any atom is -0.508 e. The molecule has 3 fully saturated rings. The third-order valence-electron chi connectivity index (χ3n) is 12.4. The van der Waals surface area contributed by atoms with Crippen LogP contribution in [0.4, 0.5) is 5.82 Å². The zero-order chi connectivity index (χ0) is 37.5. The van der Waals surface area contributed by atoms with Gasteiger partial charge in [-0.25, -0.2) is 4.90 Å². The van der Waals surface area contributed by atoms with Crippen LogP contribution in [0.3, 0.4) is 0 Å². The lowest BCUT2D eigenvalue weighted by Crippen LogP contribution is -2.49. The molecule has 0 spiro atoms. The number of aryl methyl sites for hydroxylation is 2. The predicted octanol–water partition coefficient (Wildman–Crippen LogP) is 8.15. The Labute approximate surface area is 315 Å². The highest BCUT2D eigenvalue weighted by Crippen LogP contribution is 2.65. The van der Waals surface area contributed by atoms with Gasteiger partial charge in [0.1, 0.15) is 17.3 Å². The molecule has 0 radical (unpaired) electrons. The van der Waals surface area contributed by atoms with Gasteiger partial charge in [-0.05, 0) is 99.4 Å². The minimum absolute atomic E-state index is 0.0179. The number of aromatic hydroxyl groups is 1. The maximum Gasteiger partial charge on any atom is 0.242 e. The highest BCUT2D eigenvalue weighted by Gasteiger charge is 2.68. The van der Waals surface area contributed by atoms with Gasteiger partial charge in [0.15, 0.2) is 0 Å². The molecule has 0 bridgehead atoms. The zero-order valence-corrected chi connectivity index (χ0v) is 31.9. The fourth-order valence-electron chi connectivity index (χ4n) is 10.0. The summed E-state index contributed by atoms with van der Waals surface area (Å²) < 4.78 is 2.63. The molecule has 2 saturated heterocycles. The summed E-state index contributed by atoms with van der Waals surface area (Å²) in [6, 6.07) is 18.7. The Bertz CT molecular complexity index is 2510. The van der Waals surface area contributed by atoms with Gasteiger partial charge < -0.3 is 5.11 Å². The van der Waals surface area contributed by atoms with Crippen LogP contribution < -0.4 is 4.90 Å². The number of phenolic OH excluding ortho intramolecular Hbond substituents is 1. The lowest BCUT2D eigenvalue weighted by Gasteiger charge is -2.49. The van der Waals surface area contributed by atoms with Gasteiger partial charge in [0, 0.05) is 39.9 Å². The maximum absolute atomic E-state index is 15.3. The molecule has 0 unspecified atom stereocenters. The molecule has 5 aromatic rings. The monoisotopic (exact) mass is 746 g/mol. The average molecular weight is 747 g/mol. The number of thiophene rings is 1. The van der Waals surface area contributed by atoms with E-state index in [0.29, 0.717) is 28.5 Å². The topological polar surface area (TPSA) is 113 Å². The van der Waals surface area contributed by atoms with Gasteiger partial charge >= 0.3 is 0 Å². The molecular weight excluding hydrogens is 708 g/mol. The van der Waals surface area contributed by atoms with Crippen molar-refractivity contribution < 1.29 is 24.3 Å². The Kier molecular flexibility index (Phi) is 7.28. The summed E-state index contributed by atoms with van der Waals surface area (Å²) in [7, 11) is 1.73. The van der Waals surface area contributed by atoms with Crippen molar-refractivity contribution in [2.45, 2.75) is 58.9 Å². The molecule has 1 N–H and O–H groups in total. The van der Waals surface area contributed by atoms with Crippen LogP contribution in [0.1, 0.15) is 57.6 Å². The van der Waals surface area contributed by atoms with E-state index in [4.69, 9.17) is 16.7 Å². The van der Waals surface area contributed by atoms with Crippen molar-refractivity contribution in [3.63, 3.8) is 0 Å². The van der Waals surface area contributed by atoms with Gasteiger partial charge in [0.05, 0.1) is 28.0 Å². The average Bonchev–Trinajstić information content (AvgIpc) is 3.78. The Hall–Kier alpha value is -4.80. The summed E-state index contributed by atoms with van der Waals surface area (Å²) in [5.74, 6) is -4.11. The van der Waals surface area contributed by atoms with Crippen molar-refractivity contribution in [1.29, 1.82) is 0 Å². The van der Waals surface area contributed by atoms with E-state index in [9.17, 15) is 19.5 Å². The fraction of sp³-hybridized carbons (Fsp3) is 0.357. The molecule has 270 valence electrons. The van der Waals surface area contributed by atoms with Crippen molar-refractivity contribution >= 4 is 73.2 Å². The summed E-state index contributed by atoms with van der Waals surface area (Å²) in [6.07, 6.45) is 2.59. The number of carbonyl (C=O) groups excluding carboxylic acids is 4. The SMILES string of the molecule is Cc1c(-c2cc(N3C(=O)[C@@H]4C[C@@H]5C(=CC[C@@H]6C(=O)N(C(C)(C)C)C(=O)[C@@H]65)[C@H](c5c(O)ccc6ccccc56)[C@]4(C)C3=O)n(C)n2)sc2ccc(Cl)cc12. The number of imide groups is 2. The largest absolute Gasteiger partial charge is 0.508 e. The molecule has 2 aliphatic carbocycles. The predicted molar refractivity (Wildman–Crippen MR) is 206 cm³/mol. The third-order valence-corrected chi connectivity index (χ3v) is 13.9. The number of amides is 4. The number of nitrogens with zero attached hydrogens (tertiary/aromatic N) is 4. The van der Waals surface area contributed by atoms with Gasteiger partial charge in [-0.3, -0.25) is 28.8 Å². The van der Waals surface area contributed by atoms with Crippen molar-refractivity contribution in [3.8, 4) is 16.3 Å². The van der Waals surface area contributed by atoms with E-state index in [0.717, 1.165) is 36.9 Å². The highest BCUT2D eigenvalue weighted by atomic mass is 35.5. The molecule has 2 aromatic heterocycles. The van der Waals surface area contributed by atoms with E-state index in [-0.39, 0.29) is 35.8 Å². The maximum atomic E-state index is 15.3. The number of halogens is 1.